The third kappa shape index (κ3) is 2.66. The molecule has 1 heterocycles. The topological polar surface area (TPSA) is 85.2 Å². The summed E-state index contributed by atoms with van der Waals surface area (Å²) >= 11 is 5.66. The van der Waals surface area contributed by atoms with Gasteiger partial charge in [0, 0.05) is 5.56 Å². The first-order valence-electron chi connectivity index (χ1n) is 5.29. The van der Waals surface area contributed by atoms with E-state index in [9.17, 15) is 9.50 Å². The highest BCUT2D eigenvalue weighted by Gasteiger charge is 2.16. The summed E-state index contributed by atoms with van der Waals surface area (Å²) in [5, 5.41) is 13.3. The number of nitrogens with zero attached hydrogens (tertiary/aromatic N) is 2. The number of nitrogens with two attached hydrogens (primary N) is 1. The molecule has 0 bridgehead atoms. The highest BCUT2D eigenvalue weighted by molar-refractivity contribution is 6.31. The molecule has 1 aromatic heterocycles. The average molecular weight is 272 g/mol. The molecule has 0 radical (unpaired) electrons. The van der Waals surface area contributed by atoms with Crippen LogP contribution in [-0.2, 0) is 0 Å². The lowest BCUT2D eigenvalue weighted by atomic mass is 10.2. The Hall–Kier alpha value is -1.50. The summed E-state index contributed by atoms with van der Waals surface area (Å²) in [6, 6.07) is 4.08. The number of aliphatic hydroxyl groups excluding tert-OH is 1. The van der Waals surface area contributed by atoms with E-state index in [0.717, 1.165) is 0 Å². The van der Waals surface area contributed by atoms with Crippen LogP contribution < -0.4 is 5.73 Å². The Morgan fingerprint density at radius 2 is 2.28 bits per heavy atom. The van der Waals surface area contributed by atoms with Crippen LogP contribution in [-0.4, -0.2) is 21.8 Å². The van der Waals surface area contributed by atoms with Gasteiger partial charge in [-0.05, 0) is 31.2 Å². The summed E-state index contributed by atoms with van der Waals surface area (Å²) in [6.45, 7) is 0.307. The summed E-state index contributed by atoms with van der Waals surface area (Å²) in [7, 11) is 0. The van der Waals surface area contributed by atoms with E-state index in [-0.39, 0.29) is 16.7 Å². The lowest BCUT2D eigenvalue weighted by Gasteiger charge is -2.01. The third-order valence-corrected chi connectivity index (χ3v) is 2.63. The number of aromatic nitrogens is 2. The van der Waals surface area contributed by atoms with Crippen LogP contribution in [0.3, 0.4) is 0 Å². The SMILES string of the molecule is NCCC(O)c1nc(-c2ccc(F)c(Cl)c2)no1. The summed E-state index contributed by atoms with van der Waals surface area (Å²) < 4.78 is 17.9. The quantitative estimate of drug-likeness (QED) is 0.887. The van der Waals surface area contributed by atoms with E-state index >= 15 is 0 Å². The fourth-order valence-corrected chi connectivity index (χ4v) is 1.58. The number of halogens is 2. The fourth-order valence-electron chi connectivity index (χ4n) is 1.40. The van der Waals surface area contributed by atoms with Gasteiger partial charge in [0.05, 0.1) is 5.02 Å². The molecule has 7 heteroatoms. The highest BCUT2D eigenvalue weighted by atomic mass is 35.5. The van der Waals surface area contributed by atoms with Gasteiger partial charge in [-0.1, -0.05) is 16.8 Å². The standard InChI is InChI=1S/C11H11ClFN3O2/c12-7-5-6(1-2-8(7)13)10-15-11(18-16-10)9(17)3-4-14/h1-2,5,9,17H,3-4,14H2. The average Bonchev–Trinajstić information content (AvgIpc) is 2.82. The van der Waals surface area contributed by atoms with Crippen LogP contribution in [0.5, 0.6) is 0 Å². The molecule has 0 fully saturated rings. The lowest BCUT2D eigenvalue weighted by Crippen LogP contribution is -2.06. The summed E-state index contributed by atoms with van der Waals surface area (Å²) in [5.74, 6) is -0.203. The minimum absolute atomic E-state index is 0.0265. The number of benzene rings is 1. The van der Waals surface area contributed by atoms with Crippen molar-refractivity contribution < 1.29 is 14.0 Å². The summed E-state index contributed by atoms with van der Waals surface area (Å²) in [5.41, 5.74) is 5.82. The van der Waals surface area contributed by atoms with Crippen molar-refractivity contribution in [3.63, 3.8) is 0 Å². The van der Waals surface area contributed by atoms with Crippen LogP contribution in [0.2, 0.25) is 5.02 Å². The molecule has 3 N–H and O–H groups in total. The van der Waals surface area contributed by atoms with Crippen molar-refractivity contribution in [2.45, 2.75) is 12.5 Å². The molecule has 1 atom stereocenters. The summed E-state index contributed by atoms with van der Waals surface area (Å²) in [4.78, 5) is 4.01. The van der Waals surface area contributed by atoms with E-state index in [1.807, 2.05) is 0 Å². The molecule has 0 spiro atoms. The molecule has 0 aliphatic heterocycles. The Kier molecular flexibility index (Phi) is 3.90. The largest absolute Gasteiger partial charge is 0.383 e. The van der Waals surface area contributed by atoms with Gasteiger partial charge in [0.15, 0.2) is 0 Å². The van der Waals surface area contributed by atoms with Crippen LogP contribution in [0.1, 0.15) is 18.4 Å². The summed E-state index contributed by atoms with van der Waals surface area (Å²) in [6.07, 6.45) is -0.571. The molecule has 0 saturated heterocycles. The van der Waals surface area contributed by atoms with Crippen molar-refractivity contribution >= 4 is 11.6 Å². The van der Waals surface area contributed by atoms with Gasteiger partial charge in [-0.15, -0.1) is 0 Å². The Labute approximate surface area is 107 Å². The first-order valence-corrected chi connectivity index (χ1v) is 5.66. The van der Waals surface area contributed by atoms with Gasteiger partial charge in [-0.2, -0.15) is 4.98 Å². The smallest absolute Gasteiger partial charge is 0.255 e. The zero-order valence-corrected chi connectivity index (χ0v) is 10.1. The minimum atomic E-state index is -0.896. The molecular weight excluding hydrogens is 261 g/mol. The molecular formula is C11H11ClFN3O2. The molecule has 0 aliphatic rings. The lowest BCUT2D eigenvalue weighted by molar-refractivity contribution is 0.127. The first kappa shape index (κ1) is 12.9. The highest BCUT2D eigenvalue weighted by Crippen LogP contribution is 2.24. The number of rotatable bonds is 4. The van der Waals surface area contributed by atoms with Crippen molar-refractivity contribution in [3.8, 4) is 11.4 Å². The second kappa shape index (κ2) is 5.43. The second-order valence-electron chi connectivity index (χ2n) is 3.68. The van der Waals surface area contributed by atoms with Crippen LogP contribution >= 0.6 is 11.6 Å². The molecule has 1 aromatic carbocycles. The fraction of sp³-hybridized carbons (Fsp3) is 0.273. The molecule has 5 nitrogen and oxygen atoms in total. The number of aliphatic hydroxyl groups is 1. The van der Waals surface area contributed by atoms with Crippen molar-refractivity contribution in [1.29, 1.82) is 0 Å². The molecule has 2 rings (SSSR count). The monoisotopic (exact) mass is 271 g/mol. The molecule has 96 valence electrons. The van der Waals surface area contributed by atoms with E-state index < -0.39 is 11.9 Å². The Morgan fingerprint density at radius 1 is 1.50 bits per heavy atom. The molecule has 1 unspecified atom stereocenters. The van der Waals surface area contributed by atoms with Crippen molar-refractivity contribution in [3.05, 3.63) is 34.9 Å². The number of hydrogen-bond acceptors (Lipinski definition) is 5. The maximum atomic E-state index is 13.0. The van der Waals surface area contributed by atoms with Gasteiger partial charge in [-0.3, -0.25) is 0 Å². The Morgan fingerprint density at radius 3 is 2.94 bits per heavy atom. The normalized spacial score (nSPS) is 12.7. The Balaban J connectivity index is 2.26. The van der Waals surface area contributed by atoms with E-state index in [4.69, 9.17) is 21.9 Å². The van der Waals surface area contributed by atoms with Gasteiger partial charge >= 0.3 is 0 Å². The molecule has 0 saturated carbocycles. The van der Waals surface area contributed by atoms with Crippen molar-refractivity contribution in [1.82, 2.24) is 10.1 Å². The van der Waals surface area contributed by atoms with Crippen molar-refractivity contribution in [2.75, 3.05) is 6.54 Å². The van der Waals surface area contributed by atoms with Gasteiger partial charge in [0.1, 0.15) is 11.9 Å². The maximum Gasteiger partial charge on any atom is 0.255 e. The number of hydrogen-bond donors (Lipinski definition) is 2. The first-order chi connectivity index (χ1) is 8.61. The van der Waals surface area contributed by atoms with E-state index in [1.54, 1.807) is 0 Å². The van der Waals surface area contributed by atoms with Gasteiger partial charge < -0.3 is 15.4 Å². The predicted octanol–water partition coefficient (Wildman–Crippen LogP) is 1.91. The van der Waals surface area contributed by atoms with E-state index in [1.165, 1.54) is 18.2 Å². The van der Waals surface area contributed by atoms with Gasteiger partial charge in [0.2, 0.25) is 5.82 Å². The second-order valence-corrected chi connectivity index (χ2v) is 4.09. The molecule has 0 amide bonds. The maximum absolute atomic E-state index is 13.0. The third-order valence-electron chi connectivity index (χ3n) is 2.34. The Bertz CT molecular complexity index is 547. The van der Waals surface area contributed by atoms with Crippen LogP contribution in [0.4, 0.5) is 4.39 Å². The van der Waals surface area contributed by atoms with Crippen LogP contribution in [0, 0.1) is 5.82 Å². The van der Waals surface area contributed by atoms with Crippen LogP contribution in [0.25, 0.3) is 11.4 Å². The minimum Gasteiger partial charge on any atom is -0.383 e. The predicted molar refractivity (Wildman–Crippen MR) is 63.3 cm³/mol. The molecule has 2 aromatic rings. The molecule has 18 heavy (non-hydrogen) atoms. The van der Waals surface area contributed by atoms with Gasteiger partial charge in [0.25, 0.3) is 5.89 Å². The zero-order valence-electron chi connectivity index (χ0n) is 9.31. The van der Waals surface area contributed by atoms with E-state index in [0.29, 0.717) is 18.5 Å². The zero-order chi connectivity index (χ0) is 13.1. The molecule has 0 aliphatic carbocycles. The van der Waals surface area contributed by atoms with Crippen LogP contribution in [0.15, 0.2) is 22.7 Å². The van der Waals surface area contributed by atoms with Crippen molar-refractivity contribution in [2.24, 2.45) is 5.73 Å². The van der Waals surface area contributed by atoms with Gasteiger partial charge in [-0.25, -0.2) is 4.39 Å². The van der Waals surface area contributed by atoms with E-state index in [2.05, 4.69) is 10.1 Å².